The number of nitrogens with one attached hydrogen (secondary N) is 1. The highest BCUT2D eigenvalue weighted by atomic mass is 32.2. The number of methoxy groups -OCH3 is 1. The van der Waals surface area contributed by atoms with Gasteiger partial charge >= 0.3 is 0 Å². The van der Waals surface area contributed by atoms with Gasteiger partial charge in [-0.1, -0.05) is 49.0 Å². The van der Waals surface area contributed by atoms with E-state index in [-0.39, 0.29) is 11.7 Å². The molecule has 1 amide bonds. The molecule has 0 atom stereocenters. The van der Waals surface area contributed by atoms with Gasteiger partial charge in [-0.3, -0.25) is 4.79 Å². The minimum Gasteiger partial charge on any atom is -0.496 e. The molecule has 1 aromatic heterocycles. The van der Waals surface area contributed by atoms with E-state index in [1.807, 2.05) is 37.3 Å². The molecule has 0 saturated heterocycles. The number of thioether (sulfide) groups is 2. The molecule has 27 heavy (non-hydrogen) atoms. The molecule has 0 saturated carbocycles. The van der Waals surface area contributed by atoms with Crippen molar-refractivity contribution in [3.05, 3.63) is 41.6 Å². The van der Waals surface area contributed by atoms with Gasteiger partial charge in [0.15, 0.2) is 5.16 Å². The first-order valence-electron chi connectivity index (χ1n) is 8.68. The van der Waals surface area contributed by atoms with Crippen LogP contribution in [-0.2, 0) is 4.79 Å². The van der Waals surface area contributed by atoms with Crippen molar-refractivity contribution in [2.45, 2.75) is 36.9 Å². The zero-order valence-electron chi connectivity index (χ0n) is 15.8. The number of unbranched alkanes of at least 4 members (excludes halogenated alkanes) is 1. The number of rotatable bonds is 10. The molecule has 6 nitrogen and oxygen atoms in total. The van der Waals surface area contributed by atoms with Gasteiger partial charge in [0.1, 0.15) is 10.8 Å². The summed E-state index contributed by atoms with van der Waals surface area (Å²) in [4.78, 5) is 21.0. The van der Waals surface area contributed by atoms with Crippen LogP contribution in [0.25, 0.3) is 0 Å². The minimum absolute atomic E-state index is 0.192. The summed E-state index contributed by atoms with van der Waals surface area (Å²) >= 11 is 3.03. The standard InChI is InChI=1S/C19H24N4O2S2/c1-4-5-10-26-19-21-14(2)11-18(22-19)27-13-17(24)23-20-12-15-8-6-7-9-16(15)25-3/h6-9,11-12H,4-5,10,13H2,1-3H3,(H,23,24)/b20-12-. The molecular formula is C19H24N4O2S2. The van der Waals surface area contributed by atoms with Crippen LogP contribution in [0.15, 0.2) is 45.6 Å². The highest BCUT2D eigenvalue weighted by Crippen LogP contribution is 2.21. The molecule has 144 valence electrons. The van der Waals surface area contributed by atoms with Crippen LogP contribution in [0.2, 0.25) is 0 Å². The highest BCUT2D eigenvalue weighted by molar-refractivity contribution is 8.00. The van der Waals surface area contributed by atoms with E-state index in [9.17, 15) is 4.79 Å². The fourth-order valence-corrected chi connectivity index (χ4v) is 3.87. The Morgan fingerprint density at radius 2 is 2.11 bits per heavy atom. The van der Waals surface area contributed by atoms with Gasteiger partial charge in [0, 0.05) is 17.0 Å². The second-order valence-electron chi connectivity index (χ2n) is 5.66. The molecule has 1 N–H and O–H groups in total. The minimum atomic E-state index is -0.192. The van der Waals surface area contributed by atoms with Crippen molar-refractivity contribution in [1.82, 2.24) is 15.4 Å². The van der Waals surface area contributed by atoms with Gasteiger partial charge in [0.2, 0.25) is 5.91 Å². The van der Waals surface area contributed by atoms with Gasteiger partial charge in [-0.2, -0.15) is 5.10 Å². The second-order valence-corrected chi connectivity index (χ2v) is 7.71. The summed E-state index contributed by atoms with van der Waals surface area (Å²) in [5.41, 5.74) is 4.23. The van der Waals surface area contributed by atoms with Gasteiger partial charge in [-0.05, 0) is 31.5 Å². The molecule has 8 heteroatoms. The van der Waals surface area contributed by atoms with E-state index in [4.69, 9.17) is 4.74 Å². The Bertz CT molecular complexity index is 784. The van der Waals surface area contributed by atoms with Crippen LogP contribution >= 0.6 is 23.5 Å². The fraction of sp³-hybridized carbons (Fsp3) is 0.368. The van der Waals surface area contributed by atoms with E-state index in [0.717, 1.165) is 40.0 Å². The van der Waals surface area contributed by atoms with E-state index < -0.39 is 0 Å². The Morgan fingerprint density at radius 1 is 1.30 bits per heavy atom. The van der Waals surface area contributed by atoms with Crippen molar-refractivity contribution in [2.75, 3.05) is 18.6 Å². The van der Waals surface area contributed by atoms with Crippen LogP contribution in [0.4, 0.5) is 0 Å². The van der Waals surface area contributed by atoms with Crippen LogP contribution in [0.3, 0.4) is 0 Å². The molecule has 0 fully saturated rings. The van der Waals surface area contributed by atoms with Crippen LogP contribution in [0.5, 0.6) is 5.75 Å². The molecule has 2 rings (SSSR count). The second kappa shape index (κ2) is 11.6. The maximum atomic E-state index is 12.0. The molecule has 0 unspecified atom stereocenters. The maximum Gasteiger partial charge on any atom is 0.250 e. The van der Waals surface area contributed by atoms with E-state index >= 15 is 0 Å². The van der Waals surface area contributed by atoms with Crippen molar-refractivity contribution in [3.8, 4) is 5.75 Å². The Kier molecular flexibility index (Phi) is 9.13. The third-order valence-corrected chi connectivity index (χ3v) is 5.27. The summed E-state index contributed by atoms with van der Waals surface area (Å²) in [5, 5.41) is 5.55. The number of hydrogen-bond acceptors (Lipinski definition) is 7. The summed E-state index contributed by atoms with van der Waals surface area (Å²) in [6.45, 7) is 4.10. The average molecular weight is 405 g/mol. The number of carbonyl (C=O) groups is 1. The lowest BCUT2D eigenvalue weighted by Gasteiger charge is -2.05. The van der Waals surface area contributed by atoms with E-state index in [1.54, 1.807) is 25.1 Å². The van der Waals surface area contributed by atoms with Crippen molar-refractivity contribution < 1.29 is 9.53 Å². The maximum absolute atomic E-state index is 12.0. The Hall–Kier alpha value is -2.06. The number of hydrazone groups is 1. The lowest BCUT2D eigenvalue weighted by molar-refractivity contribution is -0.118. The normalized spacial score (nSPS) is 10.9. The van der Waals surface area contributed by atoms with E-state index in [2.05, 4.69) is 27.4 Å². The predicted octanol–water partition coefficient (Wildman–Crippen LogP) is 3.93. The zero-order valence-corrected chi connectivity index (χ0v) is 17.4. The van der Waals surface area contributed by atoms with Gasteiger partial charge in [-0.15, -0.1) is 0 Å². The zero-order chi connectivity index (χ0) is 19.5. The largest absolute Gasteiger partial charge is 0.496 e. The fourth-order valence-electron chi connectivity index (χ4n) is 2.08. The third-order valence-electron chi connectivity index (χ3n) is 3.42. The number of ether oxygens (including phenoxy) is 1. The van der Waals surface area contributed by atoms with Gasteiger partial charge < -0.3 is 4.74 Å². The first-order valence-corrected chi connectivity index (χ1v) is 10.7. The summed E-state index contributed by atoms with van der Waals surface area (Å²) in [6, 6.07) is 9.36. The molecule has 0 spiro atoms. The lowest BCUT2D eigenvalue weighted by Crippen LogP contribution is -2.19. The average Bonchev–Trinajstić information content (AvgIpc) is 2.66. The molecule has 0 bridgehead atoms. The summed E-state index contributed by atoms with van der Waals surface area (Å²) in [7, 11) is 1.60. The number of hydrogen-bond donors (Lipinski definition) is 1. The number of para-hydroxylation sites is 1. The number of nitrogens with zero attached hydrogens (tertiary/aromatic N) is 3. The molecule has 2 aromatic rings. The van der Waals surface area contributed by atoms with Gasteiger partial charge in [0.25, 0.3) is 0 Å². The Balaban J connectivity index is 1.85. The van der Waals surface area contributed by atoms with Crippen LogP contribution in [-0.4, -0.2) is 40.7 Å². The number of amides is 1. The van der Waals surface area contributed by atoms with E-state index in [0.29, 0.717) is 5.75 Å². The quantitative estimate of drug-likeness (QED) is 0.161. The van der Waals surface area contributed by atoms with Gasteiger partial charge in [0.05, 0.1) is 19.1 Å². The van der Waals surface area contributed by atoms with Crippen molar-refractivity contribution in [1.29, 1.82) is 0 Å². The first kappa shape index (κ1) is 21.2. The number of aryl methyl sites for hydroxylation is 1. The summed E-state index contributed by atoms with van der Waals surface area (Å²) in [5.74, 6) is 1.75. The summed E-state index contributed by atoms with van der Waals surface area (Å²) in [6.07, 6.45) is 3.85. The number of aromatic nitrogens is 2. The highest BCUT2D eigenvalue weighted by Gasteiger charge is 2.07. The lowest BCUT2D eigenvalue weighted by atomic mass is 10.2. The molecular weight excluding hydrogens is 380 g/mol. The molecule has 1 heterocycles. The Morgan fingerprint density at radius 3 is 2.89 bits per heavy atom. The predicted molar refractivity (Wildman–Crippen MR) is 112 cm³/mol. The van der Waals surface area contributed by atoms with Crippen LogP contribution in [0, 0.1) is 6.92 Å². The van der Waals surface area contributed by atoms with Crippen molar-refractivity contribution in [2.24, 2.45) is 5.10 Å². The number of carbonyl (C=O) groups excluding carboxylic acids is 1. The van der Waals surface area contributed by atoms with Gasteiger partial charge in [-0.25, -0.2) is 15.4 Å². The third kappa shape index (κ3) is 7.60. The molecule has 0 aliphatic heterocycles. The monoisotopic (exact) mass is 404 g/mol. The molecule has 0 radical (unpaired) electrons. The number of benzene rings is 1. The van der Waals surface area contributed by atoms with Crippen LogP contribution in [0.1, 0.15) is 31.0 Å². The SMILES string of the molecule is CCCCSc1nc(C)cc(SCC(=O)N/N=C\c2ccccc2OC)n1. The van der Waals surface area contributed by atoms with Crippen molar-refractivity contribution >= 4 is 35.6 Å². The van der Waals surface area contributed by atoms with Crippen molar-refractivity contribution in [3.63, 3.8) is 0 Å². The molecule has 0 aliphatic rings. The summed E-state index contributed by atoms with van der Waals surface area (Å²) < 4.78 is 5.24. The topological polar surface area (TPSA) is 76.5 Å². The van der Waals surface area contributed by atoms with E-state index in [1.165, 1.54) is 11.8 Å². The first-order chi connectivity index (χ1) is 13.1. The van der Waals surface area contributed by atoms with Crippen LogP contribution < -0.4 is 10.2 Å². The molecule has 0 aliphatic carbocycles. The smallest absolute Gasteiger partial charge is 0.250 e. The molecule has 1 aromatic carbocycles. The Labute approximate surface area is 168 Å².